The summed E-state index contributed by atoms with van der Waals surface area (Å²) < 4.78 is 0. The number of anilines is 2. The van der Waals surface area contributed by atoms with Crippen LogP contribution in [0.15, 0.2) is 60.0 Å². The van der Waals surface area contributed by atoms with Crippen molar-refractivity contribution in [3.63, 3.8) is 0 Å². The van der Waals surface area contributed by atoms with Gasteiger partial charge in [0.05, 0.1) is 5.69 Å². The molecule has 4 rings (SSSR count). The third kappa shape index (κ3) is 5.62. The Bertz CT molecular complexity index is 1030. The van der Waals surface area contributed by atoms with Gasteiger partial charge in [-0.2, -0.15) is 0 Å². The summed E-state index contributed by atoms with van der Waals surface area (Å²) in [7, 11) is 0. The molecule has 1 saturated heterocycles. The minimum atomic E-state index is -0.232. The summed E-state index contributed by atoms with van der Waals surface area (Å²) in [6.07, 6.45) is 0.977. The molecule has 31 heavy (non-hydrogen) atoms. The summed E-state index contributed by atoms with van der Waals surface area (Å²) >= 11 is 7.22. The van der Waals surface area contributed by atoms with Gasteiger partial charge in [0.1, 0.15) is 0 Å². The summed E-state index contributed by atoms with van der Waals surface area (Å²) in [5.41, 5.74) is 2.53. The Balaban J connectivity index is 1.23. The molecule has 2 aromatic carbocycles. The van der Waals surface area contributed by atoms with Crippen molar-refractivity contribution in [2.45, 2.75) is 12.8 Å². The van der Waals surface area contributed by atoms with Crippen LogP contribution in [-0.4, -0.2) is 47.9 Å². The number of hydrogen-bond donors (Lipinski definition) is 1. The molecule has 1 aliphatic rings. The topological polar surface area (TPSA) is 65.5 Å². The average molecular weight is 455 g/mol. The van der Waals surface area contributed by atoms with Gasteiger partial charge in [-0.1, -0.05) is 29.8 Å². The molecule has 1 fully saturated rings. The second-order valence-electron chi connectivity index (χ2n) is 7.31. The lowest BCUT2D eigenvalue weighted by molar-refractivity contribution is -0.131. The predicted octanol–water partition coefficient (Wildman–Crippen LogP) is 4.33. The first-order chi connectivity index (χ1) is 15.1. The van der Waals surface area contributed by atoms with Crippen molar-refractivity contribution in [1.82, 2.24) is 9.88 Å². The summed E-state index contributed by atoms with van der Waals surface area (Å²) in [4.78, 5) is 33.6. The van der Waals surface area contributed by atoms with Gasteiger partial charge in [0.15, 0.2) is 5.13 Å². The van der Waals surface area contributed by atoms with E-state index in [1.807, 2.05) is 28.5 Å². The van der Waals surface area contributed by atoms with E-state index in [4.69, 9.17) is 11.6 Å². The van der Waals surface area contributed by atoms with Crippen molar-refractivity contribution < 1.29 is 9.59 Å². The Morgan fingerprint density at radius 1 is 1.00 bits per heavy atom. The first-order valence-corrected chi connectivity index (χ1v) is 11.4. The number of thiazole rings is 1. The number of aromatic nitrogens is 1. The average Bonchev–Trinajstić information content (AvgIpc) is 3.26. The van der Waals surface area contributed by atoms with E-state index in [2.05, 4.69) is 27.3 Å². The largest absolute Gasteiger partial charge is 0.368 e. The Kier molecular flexibility index (Phi) is 6.84. The first kappa shape index (κ1) is 21.3. The number of halogens is 1. The molecule has 160 valence electrons. The molecular weight excluding hydrogens is 432 g/mol. The number of carbonyl (C=O) groups is 2. The molecule has 0 atom stereocenters. The summed E-state index contributed by atoms with van der Waals surface area (Å²) in [6, 6.07) is 17.0. The minimum absolute atomic E-state index is 0.146. The maximum Gasteiger partial charge on any atom is 0.257 e. The quantitative estimate of drug-likeness (QED) is 0.602. The lowest BCUT2D eigenvalue weighted by Gasteiger charge is -2.36. The molecule has 1 aromatic heterocycles. The van der Waals surface area contributed by atoms with Crippen LogP contribution in [-0.2, 0) is 11.2 Å². The van der Waals surface area contributed by atoms with Crippen LogP contribution in [0.2, 0.25) is 5.02 Å². The summed E-state index contributed by atoms with van der Waals surface area (Å²) in [5, 5.41) is 5.79. The van der Waals surface area contributed by atoms with E-state index in [9.17, 15) is 9.59 Å². The molecule has 0 spiro atoms. The lowest BCUT2D eigenvalue weighted by Crippen LogP contribution is -2.48. The molecule has 6 nitrogen and oxygen atoms in total. The number of para-hydroxylation sites is 1. The van der Waals surface area contributed by atoms with Crippen molar-refractivity contribution in [3.05, 3.63) is 76.3 Å². The van der Waals surface area contributed by atoms with E-state index in [0.29, 0.717) is 28.6 Å². The van der Waals surface area contributed by atoms with Gasteiger partial charge in [-0.15, -0.1) is 11.3 Å². The molecule has 3 aromatic rings. The van der Waals surface area contributed by atoms with Crippen LogP contribution in [0.25, 0.3) is 0 Å². The molecule has 0 bridgehead atoms. The Morgan fingerprint density at radius 3 is 2.42 bits per heavy atom. The second kappa shape index (κ2) is 9.94. The van der Waals surface area contributed by atoms with Crippen molar-refractivity contribution in [3.8, 4) is 0 Å². The maximum absolute atomic E-state index is 12.6. The smallest absolute Gasteiger partial charge is 0.257 e. The van der Waals surface area contributed by atoms with Crippen molar-refractivity contribution in [2.24, 2.45) is 0 Å². The number of rotatable bonds is 6. The highest BCUT2D eigenvalue weighted by atomic mass is 35.5. The Morgan fingerprint density at radius 2 is 1.71 bits per heavy atom. The zero-order valence-corrected chi connectivity index (χ0v) is 18.5. The standard InChI is InChI=1S/C23H23ClN4O2S/c24-18-8-6-17(7-9-18)22(30)26-23-25-19(16-31-23)10-11-21(29)28-14-12-27(13-15-28)20-4-2-1-3-5-20/h1-9,16H,10-15H2,(H,25,26,30). The fourth-order valence-corrected chi connectivity index (χ4v) is 4.36. The molecule has 2 amide bonds. The minimum Gasteiger partial charge on any atom is -0.368 e. The zero-order valence-electron chi connectivity index (χ0n) is 17.0. The Labute approximate surface area is 190 Å². The van der Waals surface area contributed by atoms with Crippen LogP contribution in [0, 0.1) is 0 Å². The molecule has 8 heteroatoms. The van der Waals surface area contributed by atoms with Crippen molar-refractivity contribution >= 4 is 45.6 Å². The van der Waals surface area contributed by atoms with Crippen LogP contribution >= 0.6 is 22.9 Å². The van der Waals surface area contributed by atoms with Crippen LogP contribution in [0.1, 0.15) is 22.5 Å². The molecule has 0 saturated carbocycles. The molecule has 2 heterocycles. The number of carbonyl (C=O) groups excluding carboxylic acids is 2. The second-order valence-corrected chi connectivity index (χ2v) is 8.60. The van der Waals surface area contributed by atoms with Gasteiger partial charge in [-0.3, -0.25) is 14.9 Å². The molecule has 1 N–H and O–H groups in total. The van der Waals surface area contributed by atoms with Gasteiger partial charge in [0.2, 0.25) is 5.91 Å². The normalized spacial score (nSPS) is 13.8. The van der Waals surface area contributed by atoms with Crippen LogP contribution in [0.3, 0.4) is 0 Å². The highest BCUT2D eigenvalue weighted by Crippen LogP contribution is 2.20. The number of nitrogens with one attached hydrogen (secondary N) is 1. The van der Waals surface area contributed by atoms with Gasteiger partial charge >= 0.3 is 0 Å². The van der Waals surface area contributed by atoms with Crippen LogP contribution in [0.4, 0.5) is 10.8 Å². The highest BCUT2D eigenvalue weighted by Gasteiger charge is 2.21. The van der Waals surface area contributed by atoms with E-state index >= 15 is 0 Å². The fraction of sp³-hybridized carbons (Fsp3) is 0.261. The number of nitrogens with zero attached hydrogens (tertiary/aromatic N) is 3. The van der Waals surface area contributed by atoms with E-state index in [-0.39, 0.29) is 11.8 Å². The monoisotopic (exact) mass is 454 g/mol. The van der Waals surface area contributed by atoms with E-state index in [1.54, 1.807) is 24.3 Å². The van der Waals surface area contributed by atoms with Crippen LogP contribution < -0.4 is 10.2 Å². The molecule has 0 unspecified atom stereocenters. The number of hydrogen-bond acceptors (Lipinski definition) is 5. The highest BCUT2D eigenvalue weighted by molar-refractivity contribution is 7.14. The number of aryl methyl sites for hydroxylation is 1. The van der Waals surface area contributed by atoms with Gasteiger partial charge in [-0.25, -0.2) is 4.98 Å². The summed E-state index contributed by atoms with van der Waals surface area (Å²) in [5.74, 6) is -0.0857. The van der Waals surface area contributed by atoms with E-state index in [0.717, 1.165) is 31.9 Å². The van der Waals surface area contributed by atoms with Gasteiger partial charge < -0.3 is 9.80 Å². The molecule has 0 radical (unpaired) electrons. The fourth-order valence-electron chi connectivity index (χ4n) is 3.50. The Hall–Kier alpha value is -2.90. The first-order valence-electron chi connectivity index (χ1n) is 10.2. The molecule has 1 aliphatic heterocycles. The number of benzene rings is 2. The summed E-state index contributed by atoms with van der Waals surface area (Å²) in [6.45, 7) is 3.14. The third-order valence-corrected chi connectivity index (χ3v) is 6.29. The van der Waals surface area contributed by atoms with Crippen LogP contribution in [0.5, 0.6) is 0 Å². The number of amides is 2. The molecule has 0 aliphatic carbocycles. The third-order valence-electron chi connectivity index (χ3n) is 5.23. The predicted molar refractivity (Wildman–Crippen MR) is 125 cm³/mol. The van der Waals surface area contributed by atoms with Crippen molar-refractivity contribution in [1.29, 1.82) is 0 Å². The lowest BCUT2D eigenvalue weighted by atomic mass is 10.2. The van der Waals surface area contributed by atoms with Crippen molar-refractivity contribution in [2.75, 3.05) is 36.4 Å². The van der Waals surface area contributed by atoms with E-state index in [1.165, 1.54) is 17.0 Å². The van der Waals surface area contributed by atoms with E-state index < -0.39 is 0 Å². The SMILES string of the molecule is O=C(Nc1nc(CCC(=O)N2CCN(c3ccccc3)CC2)cs1)c1ccc(Cl)cc1. The number of piperazine rings is 1. The maximum atomic E-state index is 12.6. The zero-order chi connectivity index (χ0) is 21.6. The van der Waals surface area contributed by atoms with Gasteiger partial charge in [0, 0.05) is 54.3 Å². The molecular formula is C23H23ClN4O2S. The van der Waals surface area contributed by atoms with Gasteiger partial charge in [0.25, 0.3) is 5.91 Å². The van der Waals surface area contributed by atoms with Gasteiger partial charge in [-0.05, 0) is 42.8 Å².